The highest BCUT2D eigenvalue weighted by molar-refractivity contribution is 6.64. The van der Waals surface area contributed by atoms with E-state index >= 15 is 0 Å². The summed E-state index contributed by atoms with van der Waals surface area (Å²) in [6.45, 7) is 4.37. The van der Waals surface area contributed by atoms with Gasteiger partial charge in [0.15, 0.2) is 0 Å². The molecular formula is C7H15Cl3N2O. The van der Waals surface area contributed by atoms with Crippen molar-refractivity contribution in [3.8, 4) is 0 Å². The Hall–Kier alpha value is 0.460. The van der Waals surface area contributed by atoms with E-state index in [0.29, 0.717) is 6.54 Å². The van der Waals surface area contributed by atoms with Crippen LogP contribution in [0.3, 0.4) is 0 Å². The first kappa shape index (κ1) is 15.9. The van der Waals surface area contributed by atoms with Crippen LogP contribution >= 0.6 is 36.4 Å². The highest BCUT2D eigenvalue weighted by Crippen LogP contribution is 1.99. The number of hydrogen-bond donors (Lipinski definition) is 0. The van der Waals surface area contributed by atoms with Crippen LogP contribution < -0.4 is 0 Å². The summed E-state index contributed by atoms with van der Waals surface area (Å²) < 4.78 is 0. The maximum absolute atomic E-state index is 10.5. The molecule has 0 bridgehead atoms. The van der Waals surface area contributed by atoms with E-state index in [1.54, 1.807) is 0 Å². The zero-order valence-corrected chi connectivity index (χ0v) is 9.92. The molecule has 0 spiro atoms. The Morgan fingerprint density at radius 3 is 2.08 bits per heavy atom. The third-order valence-corrected chi connectivity index (χ3v) is 2.06. The number of carbonyl (C=O) groups excluding carboxylic acids is 1. The number of hydrogen-bond acceptors (Lipinski definition) is 3. The quantitative estimate of drug-likeness (QED) is 0.678. The third kappa shape index (κ3) is 6.52. The van der Waals surface area contributed by atoms with E-state index in [2.05, 4.69) is 16.8 Å². The summed E-state index contributed by atoms with van der Waals surface area (Å²) in [5, 5.41) is -0.255. The van der Waals surface area contributed by atoms with Crippen LogP contribution in [0.25, 0.3) is 0 Å². The molecule has 0 amide bonds. The van der Waals surface area contributed by atoms with Crippen molar-refractivity contribution >= 4 is 41.7 Å². The Kier molecular flexibility index (Phi) is 9.58. The molecule has 0 saturated carbocycles. The minimum absolute atomic E-state index is 0. The molecule has 1 saturated heterocycles. The summed E-state index contributed by atoms with van der Waals surface area (Å²) in [6, 6.07) is 0. The van der Waals surface area contributed by atoms with Crippen LogP contribution in [0, 0.1) is 0 Å². The topological polar surface area (TPSA) is 23.6 Å². The van der Waals surface area contributed by atoms with Gasteiger partial charge in [-0.25, -0.2) is 0 Å². The molecule has 1 heterocycles. The van der Waals surface area contributed by atoms with Crippen molar-refractivity contribution in [2.45, 2.75) is 0 Å². The molecule has 0 atom stereocenters. The van der Waals surface area contributed by atoms with E-state index in [1.807, 2.05) is 0 Å². The van der Waals surface area contributed by atoms with Crippen LogP contribution in [0.2, 0.25) is 0 Å². The average Bonchev–Trinajstić information content (AvgIpc) is 1.93. The lowest BCUT2D eigenvalue weighted by molar-refractivity contribution is -0.113. The highest BCUT2D eigenvalue weighted by atomic mass is 35.5. The van der Waals surface area contributed by atoms with Gasteiger partial charge in [0.25, 0.3) is 0 Å². The molecule has 0 unspecified atom stereocenters. The molecule has 1 fully saturated rings. The van der Waals surface area contributed by atoms with Gasteiger partial charge in [0.05, 0.1) is 6.54 Å². The second kappa shape index (κ2) is 7.83. The van der Waals surface area contributed by atoms with Crippen LogP contribution in [0.4, 0.5) is 0 Å². The maximum Gasteiger partial charge on any atom is 0.235 e. The molecule has 0 radical (unpaired) electrons. The first-order chi connectivity index (χ1) is 5.18. The van der Waals surface area contributed by atoms with E-state index in [0.717, 1.165) is 26.2 Å². The Bertz CT molecular complexity index is 149. The molecule has 13 heavy (non-hydrogen) atoms. The highest BCUT2D eigenvalue weighted by Gasteiger charge is 2.14. The predicted octanol–water partition coefficient (Wildman–Crippen LogP) is 0.843. The summed E-state index contributed by atoms with van der Waals surface area (Å²) in [5.74, 6) is 0. The van der Waals surface area contributed by atoms with Gasteiger partial charge in [0, 0.05) is 26.2 Å². The van der Waals surface area contributed by atoms with Gasteiger partial charge in [0.2, 0.25) is 5.24 Å². The van der Waals surface area contributed by atoms with Crippen LogP contribution in [0.1, 0.15) is 0 Å². The molecule has 0 N–H and O–H groups in total. The number of carbonyl (C=O) groups is 1. The molecule has 1 rings (SSSR count). The Balaban J connectivity index is 0. The first-order valence-corrected chi connectivity index (χ1v) is 4.15. The Morgan fingerprint density at radius 1 is 1.23 bits per heavy atom. The van der Waals surface area contributed by atoms with Crippen molar-refractivity contribution in [1.29, 1.82) is 0 Å². The smallest absolute Gasteiger partial charge is 0.235 e. The number of piperazine rings is 1. The zero-order chi connectivity index (χ0) is 8.27. The lowest BCUT2D eigenvalue weighted by Gasteiger charge is -2.31. The fourth-order valence-electron chi connectivity index (χ4n) is 1.18. The largest absolute Gasteiger partial charge is 0.304 e. The molecule has 1 aliphatic heterocycles. The number of halogens is 3. The normalized spacial score (nSPS) is 18.6. The van der Waals surface area contributed by atoms with Crippen molar-refractivity contribution in [1.82, 2.24) is 9.80 Å². The average molecular weight is 250 g/mol. The minimum Gasteiger partial charge on any atom is -0.304 e. The van der Waals surface area contributed by atoms with Gasteiger partial charge < -0.3 is 4.90 Å². The lowest BCUT2D eigenvalue weighted by atomic mass is 10.3. The van der Waals surface area contributed by atoms with Gasteiger partial charge in [-0.15, -0.1) is 24.8 Å². The molecule has 0 aliphatic carbocycles. The van der Waals surface area contributed by atoms with Crippen LogP contribution in [0.15, 0.2) is 0 Å². The SMILES string of the molecule is CN1CCN(CC(=O)Cl)CC1.Cl.Cl. The van der Waals surface area contributed by atoms with E-state index in [-0.39, 0.29) is 30.1 Å². The fraction of sp³-hybridized carbons (Fsp3) is 0.857. The number of likely N-dealkylation sites (N-methyl/N-ethyl adjacent to an activating group) is 1. The van der Waals surface area contributed by atoms with Gasteiger partial charge in [-0.1, -0.05) is 0 Å². The monoisotopic (exact) mass is 248 g/mol. The zero-order valence-electron chi connectivity index (χ0n) is 7.53. The molecular weight excluding hydrogens is 234 g/mol. The van der Waals surface area contributed by atoms with Crippen LogP contribution in [-0.2, 0) is 4.79 Å². The van der Waals surface area contributed by atoms with Crippen molar-refractivity contribution < 1.29 is 4.79 Å². The summed E-state index contributed by atoms with van der Waals surface area (Å²) in [7, 11) is 2.08. The van der Waals surface area contributed by atoms with Gasteiger partial charge >= 0.3 is 0 Å². The van der Waals surface area contributed by atoms with Gasteiger partial charge in [-0.2, -0.15) is 0 Å². The second-order valence-corrected chi connectivity index (χ2v) is 3.36. The third-order valence-electron chi connectivity index (χ3n) is 1.94. The summed E-state index contributed by atoms with van der Waals surface area (Å²) in [6.07, 6.45) is 0. The Morgan fingerprint density at radius 2 is 1.69 bits per heavy atom. The number of rotatable bonds is 2. The predicted molar refractivity (Wildman–Crippen MR) is 59.3 cm³/mol. The van der Waals surface area contributed by atoms with Gasteiger partial charge in [-0.05, 0) is 18.6 Å². The van der Waals surface area contributed by atoms with E-state index in [9.17, 15) is 4.79 Å². The van der Waals surface area contributed by atoms with Crippen molar-refractivity contribution in [3.63, 3.8) is 0 Å². The van der Waals surface area contributed by atoms with Crippen LogP contribution in [-0.4, -0.2) is 54.8 Å². The van der Waals surface area contributed by atoms with Crippen molar-refractivity contribution in [3.05, 3.63) is 0 Å². The molecule has 3 nitrogen and oxygen atoms in total. The standard InChI is InChI=1S/C7H13ClN2O.2ClH/c1-9-2-4-10(5-3-9)6-7(8)11;;/h2-6H2,1H3;2*1H. The molecule has 80 valence electrons. The second-order valence-electron chi connectivity index (χ2n) is 2.93. The summed E-state index contributed by atoms with van der Waals surface area (Å²) >= 11 is 5.25. The van der Waals surface area contributed by atoms with Gasteiger partial charge in [0.1, 0.15) is 0 Å². The van der Waals surface area contributed by atoms with Gasteiger partial charge in [-0.3, -0.25) is 9.69 Å². The van der Waals surface area contributed by atoms with E-state index < -0.39 is 0 Å². The van der Waals surface area contributed by atoms with Crippen molar-refractivity contribution in [2.75, 3.05) is 39.8 Å². The summed E-state index contributed by atoms with van der Waals surface area (Å²) in [5.41, 5.74) is 0. The van der Waals surface area contributed by atoms with E-state index in [4.69, 9.17) is 11.6 Å². The molecule has 0 aromatic heterocycles. The molecule has 1 aliphatic rings. The molecule has 0 aromatic rings. The number of nitrogens with zero attached hydrogens (tertiary/aromatic N) is 2. The fourth-order valence-corrected chi connectivity index (χ4v) is 1.35. The molecule has 0 aromatic carbocycles. The van der Waals surface area contributed by atoms with Crippen molar-refractivity contribution in [2.24, 2.45) is 0 Å². The Labute approximate surface area is 96.2 Å². The van der Waals surface area contributed by atoms with Crippen LogP contribution in [0.5, 0.6) is 0 Å². The lowest BCUT2D eigenvalue weighted by Crippen LogP contribution is -2.45. The molecule has 6 heteroatoms. The van der Waals surface area contributed by atoms with E-state index in [1.165, 1.54) is 0 Å². The maximum atomic E-state index is 10.5. The summed E-state index contributed by atoms with van der Waals surface area (Å²) in [4.78, 5) is 14.8. The first-order valence-electron chi connectivity index (χ1n) is 3.78. The minimum atomic E-state index is -0.255.